The van der Waals surface area contributed by atoms with Crippen molar-refractivity contribution in [1.29, 1.82) is 0 Å². The SMILES string of the molecule is O=C(CCN1CCSC1=O)NNC(=O)COc1ccccc1Cl. The summed E-state index contributed by atoms with van der Waals surface area (Å²) in [5.74, 6) is 0.254. The Hall–Kier alpha value is -1.93. The highest BCUT2D eigenvalue weighted by Gasteiger charge is 2.21. The quantitative estimate of drug-likeness (QED) is 0.752. The monoisotopic (exact) mass is 357 g/mol. The van der Waals surface area contributed by atoms with Gasteiger partial charge in [-0.15, -0.1) is 0 Å². The number of amides is 3. The van der Waals surface area contributed by atoms with Crippen molar-refractivity contribution in [2.24, 2.45) is 0 Å². The number of halogens is 1. The van der Waals surface area contributed by atoms with Crippen molar-refractivity contribution in [2.45, 2.75) is 6.42 Å². The number of hydrazine groups is 1. The summed E-state index contributed by atoms with van der Waals surface area (Å²) in [4.78, 5) is 36.2. The number of hydrogen-bond acceptors (Lipinski definition) is 5. The van der Waals surface area contributed by atoms with Gasteiger partial charge in [-0.3, -0.25) is 25.2 Å². The van der Waals surface area contributed by atoms with Crippen molar-refractivity contribution in [3.63, 3.8) is 0 Å². The summed E-state index contributed by atoms with van der Waals surface area (Å²) in [6.45, 7) is 0.712. The van der Waals surface area contributed by atoms with E-state index in [-0.39, 0.29) is 24.2 Å². The molecule has 23 heavy (non-hydrogen) atoms. The number of nitrogens with one attached hydrogen (secondary N) is 2. The van der Waals surface area contributed by atoms with E-state index in [4.69, 9.17) is 16.3 Å². The molecule has 1 aromatic rings. The average molecular weight is 358 g/mol. The van der Waals surface area contributed by atoms with Crippen molar-refractivity contribution in [3.05, 3.63) is 29.3 Å². The van der Waals surface area contributed by atoms with Crippen molar-refractivity contribution in [3.8, 4) is 5.75 Å². The molecule has 1 heterocycles. The largest absolute Gasteiger partial charge is 0.482 e. The Balaban J connectivity index is 1.63. The molecule has 0 aliphatic carbocycles. The van der Waals surface area contributed by atoms with Crippen LogP contribution in [0.5, 0.6) is 5.75 Å². The summed E-state index contributed by atoms with van der Waals surface area (Å²) >= 11 is 7.13. The summed E-state index contributed by atoms with van der Waals surface area (Å²) in [6.07, 6.45) is 0.123. The Labute approximate surface area is 142 Å². The zero-order valence-corrected chi connectivity index (χ0v) is 13.8. The number of thioether (sulfide) groups is 1. The molecule has 2 rings (SSSR count). The van der Waals surface area contributed by atoms with Gasteiger partial charge < -0.3 is 9.64 Å². The Morgan fingerprint density at radius 2 is 2.00 bits per heavy atom. The predicted molar refractivity (Wildman–Crippen MR) is 87.3 cm³/mol. The van der Waals surface area contributed by atoms with Gasteiger partial charge in [0.1, 0.15) is 5.75 Å². The molecule has 2 N–H and O–H groups in total. The van der Waals surface area contributed by atoms with Gasteiger partial charge in [0.05, 0.1) is 5.02 Å². The number of hydrogen-bond donors (Lipinski definition) is 2. The Morgan fingerprint density at radius 3 is 2.70 bits per heavy atom. The van der Waals surface area contributed by atoms with E-state index in [1.165, 1.54) is 11.8 Å². The van der Waals surface area contributed by atoms with Crippen LogP contribution < -0.4 is 15.6 Å². The number of ether oxygens (including phenoxy) is 1. The third-order valence-electron chi connectivity index (χ3n) is 2.99. The van der Waals surface area contributed by atoms with Gasteiger partial charge in [-0.25, -0.2) is 0 Å². The van der Waals surface area contributed by atoms with Crippen molar-refractivity contribution >= 4 is 40.4 Å². The molecular weight excluding hydrogens is 342 g/mol. The molecule has 1 aliphatic rings. The highest BCUT2D eigenvalue weighted by molar-refractivity contribution is 8.13. The molecule has 1 saturated heterocycles. The topological polar surface area (TPSA) is 87.7 Å². The van der Waals surface area contributed by atoms with Gasteiger partial charge in [0.2, 0.25) is 5.91 Å². The first-order valence-corrected chi connectivity index (χ1v) is 8.29. The molecule has 0 bridgehead atoms. The first-order valence-electron chi connectivity index (χ1n) is 6.93. The van der Waals surface area contributed by atoms with E-state index < -0.39 is 5.91 Å². The standard InChI is InChI=1S/C14H16ClN3O4S/c15-10-3-1-2-4-11(10)22-9-13(20)17-16-12(19)5-6-18-7-8-23-14(18)21/h1-4H,5-9H2,(H,16,19)(H,17,20). The molecule has 7 nitrogen and oxygen atoms in total. The molecule has 0 radical (unpaired) electrons. The van der Waals surface area contributed by atoms with E-state index in [0.29, 0.717) is 23.9 Å². The van der Waals surface area contributed by atoms with Crippen LogP contribution in [0.3, 0.4) is 0 Å². The van der Waals surface area contributed by atoms with Crippen molar-refractivity contribution in [2.75, 3.05) is 25.4 Å². The minimum absolute atomic E-state index is 0.0185. The van der Waals surface area contributed by atoms with Gasteiger partial charge in [-0.2, -0.15) is 0 Å². The second-order valence-corrected chi connectivity index (χ2v) is 6.12. The number of para-hydroxylation sites is 1. The molecule has 0 aromatic heterocycles. The first kappa shape index (κ1) is 17.4. The minimum Gasteiger partial charge on any atom is -0.482 e. The average Bonchev–Trinajstić information content (AvgIpc) is 2.95. The molecule has 0 spiro atoms. The van der Waals surface area contributed by atoms with Gasteiger partial charge in [0.25, 0.3) is 11.1 Å². The lowest BCUT2D eigenvalue weighted by atomic mass is 10.3. The lowest BCUT2D eigenvalue weighted by molar-refractivity contribution is -0.130. The van der Waals surface area contributed by atoms with E-state index in [1.54, 1.807) is 29.2 Å². The summed E-state index contributed by atoms with van der Waals surface area (Å²) in [5.41, 5.74) is 4.52. The first-order chi connectivity index (χ1) is 11.1. The fourth-order valence-corrected chi connectivity index (χ4v) is 2.85. The van der Waals surface area contributed by atoms with Crippen LogP contribution in [0.25, 0.3) is 0 Å². The molecule has 3 amide bonds. The number of benzene rings is 1. The zero-order chi connectivity index (χ0) is 16.7. The fraction of sp³-hybridized carbons (Fsp3) is 0.357. The van der Waals surface area contributed by atoms with E-state index in [1.807, 2.05) is 0 Å². The molecule has 9 heteroatoms. The Kier molecular flexibility index (Phi) is 6.54. The normalized spacial score (nSPS) is 13.8. The lowest BCUT2D eigenvalue weighted by Gasteiger charge is -2.14. The van der Waals surface area contributed by atoms with Crippen LogP contribution in [0.2, 0.25) is 5.02 Å². The maximum absolute atomic E-state index is 11.6. The maximum Gasteiger partial charge on any atom is 0.281 e. The van der Waals surface area contributed by atoms with Gasteiger partial charge in [0.15, 0.2) is 6.61 Å². The van der Waals surface area contributed by atoms with Gasteiger partial charge >= 0.3 is 0 Å². The summed E-state index contributed by atoms with van der Waals surface area (Å²) in [6, 6.07) is 6.77. The third kappa shape index (κ3) is 5.65. The van der Waals surface area contributed by atoms with Gasteiger partial charge in [0, 0.05) is 25.3 Å². The molecule has 0 atom stereocenters. The fourth-order valence-electron chi connectivity index (χ4n) is 1.81. The molecule has 0 saturated carbocycles. The van der Waals surface area contributed by atoms with Crippen LogP contribution in [0.15, 0.2) is 24.3 Å². The molecule has 1 aliphatic heterocycles. The van der Waals surface area contributed by atoms with Crippen LogP contribution in [0.1, 0.15) is 6.42 Å². The van der Waals surface area contributed by atoms with E-state index in [9.17, 15) is 14.4 Å². The number of carbonyl (C=O) groups is 3. The molecular formula is C14H16ClN3O4S. The van der Waals surface area contributed by atoms with Crippen LogP contribution in [-0.4, -0.2) is 47.4 Å². The second kappa shape index (κ2) is 8.64. The summed E-state index contributed by atoms with van der Waals surface area (Å²) < 4.78 is 5.24. The van der Waals surface area contributed by atoms with Crippen LogP contribution in [0, 0.1) is 0 Å². The second-order valence-electron chi connectivity index (χ2n) is 4.67. The molecule has 1 fully saturated rings. The molecule has 1 aromatic carbocycles. The van der Waals surface area contributed by atoms with Crippen molar-refractivity contribution in [1.82, 2.24) is 15.8 Å². The Bertz CT molecular complexity index is 599. The summed E-state index contributed by atoms with van der Waals surface area (Å²) in [5, 5.41) is 0.382. The lowest BCUT2D eigenvalue weighted by Crippen LogP contribution is -2.44. The van der Waals surface area contributed by atoms with Crippen molar-refractivity contribution < 1.29 is 19.1 Å². The Morgan fingerprint density at radius 1 is 1.26 bits per heavy atom. The number of carbonyl (C=O) groups excluding carboxylic acids is 3. The number of nitrogens with zero attached hydrogens (tertiary/aromatic N) is 1. The predicted octanol–water partition coefficient (Wildman–Crippen LogP) is 1.43. The van der Waals surface area contributed by atoms with Gasteiger partial charge in [-0.1, -0.05) is 35.5 Å². The van der Waals surface area contributed by atoms with E-state index in [0.717, 1.165) is 5.75 Å². The zero-order valence-electron chi connectivity index (χ0n) is 12.2. The third-order valence-corrected chi connectivity index (χ3v) is 4.19. The number of rotatable bonds is 6. The minimum atomic E-state index is -0.508. The summed E-state index contributed by atoms with van der Waals surface area (Å²) in [7, 11) is 0. The van der Waals surface area contributed by atoms with Gasteiger partial charge in [-0.05, 0) is 12.1 Å². The highest BCUT2D eigenvalue weighted by Crippen LogP contribution is 2.22. The van der Waals surface area contributed by atoms with Crippen LogP contribution in [0.4, 0.5) is 4.79 Å². The molecule has 124 valence electrons. The highest BCUT2D eigenvalue weighted by atomic mass is 35.5. The maximum atomic E-state index is 11.6. The van der Waals surface area contributed by atoms with Crippen LogP contribution in [-0.2, 0) is 9.59 Å². The molecule has 0 unspecified atom stereocenters. The van der Waals surface area contributed by atoms with E-state index in [2.05, 4.69) is 10.9 Å². The smallest absolute Gasteiger partial charge is 0.281 e. The van der Waals surface area contributed by atoms with Crippen LogP contribution >= 0.6 is 23.4 Å². The van der Waals surface area contributed by atoms with E-state index >= 15 is 0 Å².